The van der Waals surface area contributed by atoms with E-state index in [1.807, 2.05) is 20.8 Å². The summed E-state index contributed by atoms with van der Waals surface area (Å²) in [5.41, 5.74) is -0.553. The number of aliphatic hydroxyl groups excluding tert-OH is 5. The predicted octanol–water partition coefficient (Wildman–Crippen LogP) is 10.6. The fraction of sp³-hybridized carbons (Fsp3) is 1.00. The van der Waals surface area contributed by atoms with Crippen LogP contribution in [-0.4, -0.2) is 93.2 Å². The van der Waals surface area contributed by atoms with Crippen molar-refractivity contribution in [2.24, 2.45) is 72.4 Å². The molecule has 354 valence electrons. The molecule has 3 heterocycles. The second-order valence-electron chi connectivity index (χ2n) is 28.6. The van der Waals surface area contributed by atoms with Crippen molar-refractivity contribution in [2.75, 3.05) is 6.61 Å². The first-order chi connectivity index (χ1) is 25.6. The summed E-state index contributed by atoms with van der Waals surface area (Å²) in [4.78, 5) is 0. The molecule has 4 unspecified atom stereocenters. The molecule has 5 N–H and O–H groups in total. The molecule has 0 aromatic rings. The van der Waals surface area contributed by atoms with Crippen LogP contribution >= 0.6 is 0 Å². The lowest BCUT2D eigenvalue weighted by molar-refractivity contribution is -0.264. The van der Waals surface area contributed by atoms with Crippen molar-refractivity contribution in [2.45, 2.75) is 248 Å². The molecule has 0 aromatic heterocycles. The van der Waals surface area contributed by atoms with Crippen molar-refractivity contribution >= 4 is 0 Å². The van der Waals surface area contributed by atoms with E-state index in [0.29, 0.717) is 0 Å². The zero-order chi connectivity index (χ0) is 47.4. The SMILES string of the molecule is CC(C)(C)C1O[C@@H](C(C)(C)C)C(O)[C@@H](O)[C@@H]1C(C)(C)C.CC(C)(C)[C@@H]1OC(CO)[C@@H](C(C)(C)C)[C@H](C(C)(C)C)C1O.CC(C)(C)[C@H]1[C@@H](O)[C@@H](C(C)(C)C)O[C@@H]1C(C)(C)C. The maximum Gasteiger partial charge on any atom is 0.107 e. The standard InChI is InChI=1S/C18H36O3.C17H34O3.C16H32O2/c1-16(2,3)12-11(10-19)21-15(18(7,8)9)14(20)13(12)17(4,5)6;1-15(2,3)10-11(18)12(19)14(17(7,8)9)20-13(10)16(4,5)6;1-14(2,3)10-11(17)13(16(7,8)9)18-12(10)15(4,5)6/h11-15,19-20H,10H2,1-9H3;10-14,18-19H,1-9H3;10-13,17H,1-9H3/t11?,12-,13+,14?,15-;10-,11-,12?,13?,14+;10-,11+,12-,13-/m100/s1. The van der Waals surface area contributed by atoms with Gasteiger partial charge in [0.25, 0.3) is 0 Å². The minimum absolute atomic E-state index is 0.00775. The molecule has 3 fully saturated rings. The van der Waals surface area contributed by atoms with Gasteiger partial charge in [-0.25, -0.2) is 0 Å². The van der Waals surface area contributed by atoms with Crippen LogP contribution in [0.4, 0.5) is 0 Å². The lowest BCUT2D eigenvalue weighted by atomic mass is 9.57. The van der Waals surface area contributed by atoms with Crippen molar-refractivity contribution in [1.29, 1.82) is 0 Å². The normalized spacial score (nSPS) is 36.0. The van der Waals surface area contributed by atoms with Crippen LogP contribution in [0.25, 0.3) is 0 Å². The Morgan fingerprint density at radius 2 is 0.508 bits per heavy atom. The van der Waals surface area contributed by atoms with Gasteiger partial charge in [0.05, 0.1) is 61.5 Å². The van der Waals surface area contributed by atoms with Gasteiger partial charge in [-0.15, -0.1) is 0 Å². The van der Waals surface area contributed by atoms with Gasteiger partial charge in [0, 0.05) is 11.8 Å². The van der Waals surface area contributed by atoms with E-state index in [2.05, 4.69) is 166 Å². The van der Waals surface area contributed by atoms with E-state index in [-0.39, 0.29) is 122 Å². The molecule has 14 atom stereocenters. The summed E-state index contributed by atoms with van der Waals surface area (Å²) in [5, 5.41) is 52.9. The first-order valence-electron chi connectivity index (χ1n) is 22.9. The minimum atomic E-state index is -0.835. The summed E-state index contributed by atoms with van der Waals surface area (Å²) < 4.78 is 18.8. The van der Waals surface area contributed by atoms with E-state index >= 15 is 0 Å². The lowest BCUT2D eigenvalue weighted by Crippen LogP contribution is -2.63. The summed E-state index contributed by atoms with van der Waals surface area (Å²) in [6, 6.07) is 0. The third-order valence-electron chi connectivity index (χ3n) is 13.2. The Hall–Kier alpha value is -0.320. The molecule has 0 spiro atoms. The van der Waals surface area contributed by atoms with Gasteiger partial charge in [0.2, 0.25) is 0 Å². The molecular formula is C51H102O8. The van der Waals surface area contributed by atoms with E-state index in [9.17, 15) is 25.5 Å². The molecule has 0 bridgehead atoms. The second-order valence-corrected chi connectivity index (χ2v) is 28.6. The average molecular weight is 843 g/mol. The molecule has 3 rings (SSSR count). The maximum absolute atomic E-state index is 11.0. The molecule has 0 aliphatic carbocycles. The van der Waals surface area contributed by atoms with Gasteiger partial charge in [-0.3, -0.25) is 0 Å². The van der Waals surface area contributed by atoms with E-state index in [4.69, 9.17) is 14.2 Å². The summed E-state index contributed by atoms with van der Waals surface area (Å²) in [6.07, 6.45) is -3.35. The Kier molecular flexibility index (Phi) is 17.9. The summed E-state index contributed by atoms with van der Waals surface area (Å²) in [7, 11) is 0. The third-order valence-corrected chi connectivity index (χ3v) is 13.2. The van der Waals surface area contributed by atoms with Crippen LogP contribution in [0.2, 0.25) is 0 Å². The van der Waals surface area contributed by atoms with Gasteiger partial charge in [0.15, 0.2) is 0 Å². The number of hydrogen-bond donors (Lipinski definition) is 5. The summed E-state index contributed by atoms with van der Waals surface area (Å²) in [6.45, 7) is 57.9. The zero-order valence-corrected chi connectivity index (χ0v) is 43.8. The van der Waals surface area contributed by atoms with Crippen molar-refractivity contribution in [3.63, 3.8) is 0 Å². The van der Waals surface area contributed by atoms with Crippen LogP contribution in [0.3, 0.4) is 0 Å². The van der Waals surface area contributed by atoms with E-state index < -0.39 is 18.3 Å². The van der Waals surface area contributed by atoms with Crippen LogP contribution < -0.4 is 0 Å². The molecule has 0 radical (unpaired) electrons. The first-order valence-corrected chi connectivity index (χ1v) is 22.9. The highest BCUT2D eigenvalue weighted by Gasteiger charge is 2.57. The van der Waals surface area contributed by atoms with E-state index in [1.54, 1.807) is 0 Å². The highest BCUT2D eigenvalue weighted by Crippen LogP contribution is 2.53. The number of hydrogen-bond acceptors (Lipinski definition) is 8. The predicted molar refractivity (Wildman–Crippen MR) is 246 cm³/mol. The Labute approximate surface area is 365 Å². The highest BCUT2D eigenvalue weighted by molar-refractivity contribution is 5.05. The quantitative estimate of drug-likeness (QED) is 0.177. The van der Waals surface area contributed by atoms with Crippen LogP contribution in [0.15, 0.2) is 0 Å². The Bertz CT molecular complexity index is 1280. The fourth-order valence-electron chi connectivity index (χ4n) is 10.4. The molecule has 59 heavy (non-hydrogen) atoms. The van der Waals surface area contributed by atoms with E-state index in [1.165, 1.54) is 0 Å². The van der Waals surface area contributed by atoms with Crippen molar-refractivity contribution in [3.05, 3.63) is 0 Å². The molecule has 8 nitrogen and oxygen atoms in total. The van der Waals surface area contributed by atoms with Gasteiger partial charge in [-0.05, 0) is 60.6 Å². The monoisotopic (exact) mass is 843 g/mol. The molecule has 0 aromatic carbocycles. The molecular weight excluding hydrogens is 741 g/mol. The van der Waals surface area contributed by atoms with Crippen molar-refractivity contribution in [3.8, 4) is 0 Å². The van der Waals surface area contributed by atoms with Gasteiger partial charge >= 0.3 is 0 Å². The van der Waals surface area contributed by atoms with Crippen LogP contribution in [-0.2, 0) is 14.2 Å². The lowest BCUT2D eigenvalue weighted by Gasteiger charge is -2.56. The molecule has 0 amide bonds. The number of rotatable bonds is 1. The van der Waals surface area contributed by atoms with Gasteiger partial charge < -0.3 is 39.7 Å². The Morgan fingerprint density at radius 1 is 0.271 bits per heavy atom. The second kappa shape index (κ2) is 18.6. The zero-order valence-electron chi connectivity index (χ0n) is 43.8. The van der Waals surface area contributed by atoms with Crippen LogP contribution in [0.1, 0.15) is 187 Å². The van der Waals surface area contributed by atoms with Gasteiger partial charge in [-0.2, -0.15) is 0 Å². The fourth-order valence-corrected chi connectivity index (χ4v) is 10.4. The maximum atomic E-state index is 11.0. The highest BCUT2D eigenvalue weighted by atomic mass is 16.5. The molecule has 3 aliphatic rings. The third kappa shape index (κ3) is 14.3. The molecule has 8 heteroatoms. The molecule has 3 saturated heterocycles. The van der Waals surface area contributed by atoms with Crippen LogP contribution in [0.5, 0.6) is 0 Å². The largest absolute Gasteiger partial charge is 0.394 e. The average Bonchev–Trinajstić information content (AvgIpc) is 3.34. The Balaban J connectivity index is 0.000000444. The van der Waals surface area contributed by atoms with E-state index in [0.717, 1.165) is 0 Å². The van der Waals surface area contributed by atoms with Gasteiger partial charge in [-0.1, -0.05) is 187 Å². The van der Waals surface area contributed by atoms with Crippen LogP contribution in [0, 0.1) is 72.4 Å². The minimum Gasteiger partial charge on any atom is -0.394 e. The number of aliphatic hydroxyl groups is 5. The first kappa shape index (κ1) is 56.7. The summed E-state index contributed by atoms with van der Waals surface area (Å²) in [5.74, 6) is 0.307. The smallest absolute Gasteiger partial charge is 0.107 e. The van der Waals surface area contributed by atoms with Gasteiger partial charge in [0.1, 0.15) is 6.10 Å². The topological polar surface area (TPSA) is 129 Å². The molecule has 3 aliphatic heterocycles. The van der Waals surface area contributed by atoms with Crippen molar-refractivity contribution in [1.82, 2.24) is 0 Å². The molecule has 0 saturated carbocycles. The Morgan fingerprint density at radius 3 is 0.746 bits per heavy atom. The summed E-state index contributed by atoms with van der Waals surface area (Å²) >= 11 is 0. The van der Waals surface area contributed by atoms with Crippen molar-refractivity contribution < 1.29 is 39.7 Å². The number of ether oxygens (including phenoxy) is 3.